The number of H-pyrrole nitrogens is 1. The summed E-state index contributed by atoms with van der Waals surface area (Å²) >= 11 is 0. The topological polar surface area (TPSA) is 27.2 Å². The summed E-state index contributed by atoms with van der Waals surface area (Å²) in [5.41, 5.74) is 9.54. The van der Waals surface area contributed by atoms with E-state index in [0.717, 1.165) is 32.4 Å². The fraction of sp³-hybridized carbons (Fsp3) is 0.412. The minimum atomic E-state index is -0.113. The van der Waals surface area contributed by atoms with Crippen LogP contribution >= 0.6 is 0 Å². The van der Waals surface area contributed by atoms with Crippen molar-refractivity contribution in [1.82, 2.24) is 19.4 Å². The number of hydrogen-bond donors (Lipinski definition) is 1. The van der Waals surface area contributed by atoms with Gasteiger partial charge in [-0.3, -0.25) is 0 Å². The molecule has 5 rings (SSSR count). The van der Waals surface area contributed by atoms with Crippen molar-refractivity contribution >= 4 is 27.9 Å². The molecule has 4 heteroatoms. The molecule has 0 unspecified atom stereocenters. The van der Waals surface area contributed by atoms with E-state index < -0.39 is 0 Å². The summed E-state index contributed by atoms with van der Waals surface area (Å²) in [4.78, 5) is 8.31. The van der Waals surface area contributed by atoms with Crippen LogP contribution in [0.15, 0.2) is 66.3 Å². The Labute approximate surface area is 228 Å². The van der Waals surface area contributed by atoms with Gasteiger partial charge in [0, 0.05) is 52.2 Å². The lowest BCUT2D eigenvalue weighted by molar-refractivity contribution is 0.413. The van der Waals surface area contributed by atoms with Gasteiger partial charge in [0.05, 0.1) is 5.54 Å². The van der Waals surface area contributed by atoms with E-state index >= 15 is 0 Å². The Kier molecular flexibility index (Phi) is 7.39. The van der Waals surface area contributed by atoms with Crippen molar-refractivity contribution in [3.8, 4) is 0 Å². The minimum absolute atomic E-state index is 0.113. The number of aromatic amines is 1. The van der Waals surface area contributed by atoms with Gasteiger partial charge >= 0.3 is 0 Å². The number of nitrogens with one attached hydrogen (secondary N) is 1. The Bertz CT molecular complexity index is 1490. The Hall–Kier alpha value is -3.08. The quantitative estimate of drug-likeness (QED) is 0.242. The van der Waals surface area contributed by atoms with E-state index in [9.17, 15) is 0 Å². The van der Waals surface area contributed by atoms with Crippen LogP contribution in [0.25, 0.3) is 27.9 Å². The lowest BCUT2D eigenvalue weighted by Gasteiger charge is -2.25. The Balaban J connectivity index is 1.64. The molecule has 2 aromatic heterocycles. The molecule has 200 valence electrons. The smallest absolute Gasteiger partial charge is 0.0616 e. The molecule has 1 aliphatic heterocycles. The highest BCUT2D eigenvalue weighted by Gasteiger charge is 2.41. The normalized spacial score (nSPS) is 19.4. The van der Waals surface area contributed by atoms with Gasteiger partial charge < -0.3 is 19.4 Å². The standard InChI is InChI=1S/C34H44N4/c1-24(2)22-25-23-34(3,38-32-15-11-9-13-28(32)29(33(25)38)18-21-37(6)7)19-16-31-27(17-20-36(4)5)26-12-8-10-14-30(26)35-31/h8-16,19,22,25,35H,17-18,20-21,23H2,1-7H3/t25-,34+/m0/s1. The van der Waals surface area contributed by atoms with Crippen LogP contribution in [-0.2, 0) is 18.4 Å². The summed E-state index contributed by atoms with van der Waals surface area (Å²) in [6.07, 6.45) is 10.5. The largest absolute Gasteiger partial charge is 0.355 e. The number of benzene rings is 2. The van der Waals surface area contributed by atoms with Crippen molar-refractivity contribution in [2.75, 3.05) is 41.3 Å². The molecule has 0 bridgehead atoms. The minimum Gasteiger partial charge on any atom is -0.355 e. The van der Waals surface area contributed by atoms with E-state index in [4.69, 9.17) is 0 Å². The summed E-state index contributed by atoms with van der Waals surface area (Å²) in [6.45, 7) is 8.98. The van der Waals surface area contributed by atoms with Gasteiger partial charge in [-0.05, 0) is 97.6 Å². The van der Waals surface area contributed by atoms with Gasteiger partial charge in [-0.2, -0.15) is 0 Å². The zero-order chi connectivity index (χ0) is 27.0. The first kappa shape index (κ1) is 26.5. The molecule has 0 spiro atoms. The number of para-hydroxylation sites is 2. The number of nitrogens with zero attached hydrogens (tertiary/aromatic N) is 3. The third kappa shape index (κ3) is 5.00. The summed E-state index contributed by atoms with van der Waals surface area (Å²) in [5, 5.41) is 2.75. The molecule has 0 radical (unpaired) electrons. The van der Waals surface area contributed by atoms with Crippen molar-refractivity contribution in [3.63, 3.8) is 0 Å². The second-order valence-corrected chi connectivity index (χ2v) is 12.1. The van der Waals surface area contributed by atoms with Crippen LogP contribution in [0.1, 0.15) is 55.6 Å². The van der Waals surface area contributed by atoms with Crippen LogP contribution in [0.2, 0.25) is 0 Å². The van der Waals surface area contributed by atoms with E-state index in [1.54, 1.807) is 0 Å². The molecule has 1 aliphatic rings. The summed E-state index contributed by atoms with van der Waals surface area (Å²) in [6, 6.07) is 17.8. The van der Waals surface area contributed by atoms with Gasteiger partial charge in [0.2, 0.25) is 0 Å². The molecule has 2 aromatic carbocycles. The number of aromatic nitrogens is 2. The van der Waals surface area contributed by atoms with E-state index in [2.05, 4.69) is 135 Å². The third-order valence-corrected chi connectivity index (χ3v) is 8.12. The highest BCUT2D eigenvalue weighted by atomic mass is 15.1. The molecule has 0 fully saturated rings. The monoisotopic (exact) mass is 508 g/mol. The number of hydrogen-bond acceptors (Lipinski definition) is 2. The van der Waals surface area contributed by atoms with Gasteiger partial charge in [-0.1, -0.05) is 54.1 Å². The average Bonchev–Trinajstić information content (AvgIpc) is 3.48. The first-order chi connectivity index (χ1) is 18.2. The van der Waals surface area contributed by atoms with Gasteiger partial charge in [0.1, 0.15) is 0 Å². The van der Waals surface area contributed by atoms with Crippen LogP contribution in [0.3, 0.4) is 0 Å². The highest BCUT2D eigenvalue weighted by Crippen LogP contribution is 2.49. The summed E-state index contributed by atoms with van der Waals surface area (Å²) in [5.74, 6) is 0.412. The molecule has 38 heavy (non-hydrogen) atoms. The fourth-order valence-electron chi connectivity index (χ4n) is 6.41. The Morgan fingerprint density at radius 1 is 0.921 bits per heavy atom. The second kappa shape index (κ2) is 10.6. The molecular formula is C34H44N4. The molecule has 1 N–H and O–H groups in total. The first-order valence-corrected chi connectivity index (χ1v) is 14.0. The number of rotatable bonds is 9. The predicted octanol–water partition coefficient (Wildman–Crippen LogP) is 7.21. The van der Waals surface area contributed by atoms with Crippen molar-refractivity contribution in [2.24, 2.45) is 0 Å². The molecule has 4 aromatic rings. The van der Waals surface area contributed by atoms with Crippen LogP contribution < -0.4 is 0 Å². The van der Waals surface area contributed by atoms with Gasteiger partial charge in [-0.15, -0.1) is 0 Å². The van der Waals surface area contributed by atoms with Crippen LogP contribution in [0.4, 0.5) is 0 Å². The van der Waals surface area contributed by atoms with Crippen LogP contribution in [0, 0.1) is 0 Å². The lowest BCUT2D eigenvalue weighted by atomic mass is 9.88. The van der Waals surface area contributed by atoms with Crippen LogP contribution in [0.5, 0.6) is 0 Å². The molecule has 0 aliphatic carbocycles. The van der Waals surface area contributed by atoms with Gasteiger partial charge in [0.15, 0.2) is 0 Å². The Morgan fingerprint density at radius 3 is 2.24 bits per heavy atom. The maximum Gasteiger partial charge on any atom is 0.0616 e. The van der Waals surface area contributed by atoms with Crippen LogP contribution in [-0.4, -0.2) is 60.6 Å². The fourth-order valence-corrected chi connectivity index (χ4v) is 6.41. The van der Waals surface area contributed by atoms with Gasteiger partial charge in [-0.25, -0.2) is 0 Å². The van der Waals surface area contributed by atoms with E-state index in [1.165, 1.54) is 49.9 Å². The first-order valence-electron chi connectivity index (χ1n) is 14.0. The molecule has 0 saturated carbocycles. The summed E-state index contributed by atoms with van der Waals surface area (Å²) < 4.78 is 2.66. The lowest BCUT2D eigenvalue weighted by Crippen LogP contribution is -2.23. The van der Waals surface area contributed by atoms with E-state index in [-0.39, 0.29) is 5.54 Å². The maximum absolute atomic E-state index is 3.74. The second-order valence-electron chi connectivity index (χ2n) is 12.1. The molecule has 3 heterocycles. The van der Waals surface area contributed by atoms with Crippen molar-refractivity contribution in [2.45, 2.75) is 51.5 Å². The molecule has 2 atom stereocenters. The zero-order valence-corrected chi connectivity index (χ0v) is 24.3. The molecule has 0 saturated heterocycles. The zero-order valence-electron chi connectivity index (χ0n) is 24.3. The molecule has 0 amide bonds. The Morgan fingerprint density at radius 2 is 1.55 bits per heavy atom. The number of likely N-dealkylation sites (N-methyl/N-ethyl adjacent to an activating group) is 2. The third-order valence-electron chi connectivity index (χ3n) is 8.12. The van der Waals surface area contributed by atoms with Crippen molar-refractivity contribution in [3.05, 3.63) is 88.8 Å². The molecular weight excluding hydrogens is 464 g/mol. The van der Waals surface area contributed by atoms with Crippen molar-refractivity contribution in [1.29, 1.82) is 0 Å². The highest BCUT2D eigenvalue weighted by molar-refractivity contribution is 5.88. The van der Waals surface area contributed by atoms with E-state index in [0.29, 0.717) is 5.92 Å². The molecule has 4 nitrogen and oxygen atoms in total. The SMILES string of the molecule is CC(C)=C[C@H]1C[C@@](C)(C=Cc2[nH]c3ccccc3c2CCN(C)C)n2c1c(CCN(C)C)c1ccccc12. The number of fused-ring (bicyclic) bond motifs is 4. The van der Waals surface area contributed by atoms with Gasteiger partial charge in [0.25, 0.3) is 0 Å². The summed E-state index contributed by atoms with van der Waals surface area (Å²) in [7, 11) is 8.65. The average molecular weight is 509 g/mol. The van der Waals surface area contributed by atoms with E-state index in [1.807, 2.05) is 0 Å². The van der Waals surface area contributed by atoms with Crippen molar-refractivity contribution < 1.29 is 0 Å². The number of allylic oxidation sites excluding steroid dienone is 3. The maximum atomic E-state index is 3.74. The predicted molar refractivity (Wildman–Crippen MR) is 164 cm³/mol.